The van der Waals surface area contributed by atoms with Crippen LogP contribution in [0.1, 0.15) is 22.8 Å². The highest BCUT2D eigenvalue weighted by Crippen LogP contribution is 2.12. The Morgan fingerprint density at radius 3 is 2.38 bits per heavy atom. The Balaban J connectivity index is 1.80. The molecule has 0 heterocycles. The van der Waals surface area contributed by atoms with Gasteiger partial charge >= 0.3 is 0 Å². The molecule has 0 fully saturated rings. The molecule has 0 saturated carbocycles. The fourth-order valence-electron chi connectivity index (χ4n) is 1.87. The first-order chi connectivity index (χ1) is 11.5. The van der Waals surface area contributed by atoms with E-state index in [9.17, 15) is 18.4 Å². The van der Waals surface area contributed by atoms with Gasteiger partial charge in [0.2, 0.25) is 0 Å². The zero-order valence-electron chi connectivity index (χ0n) is 12.9. The molecule has 0 atom stereocenters. The minimum atomic E-state index is -1.02. The van der Waals surface area contributed by atoms with Crippen LogP contribution in [0.15, 0.2) is 42.5 Å². The van der Waals surface area contributed by atoms with E-state index in [0.29, 0.717) is 11.8 Å². The third kappa shape index (κ3) is 4.77. The molecule has 0 aromatic heterocycles. The molecule has 0 aliphatic rings. The maximum absolute atomic E-state index is 13.4. The summed E-state index contributed by atoms with van der Waals surface area (Å²) in [4.78, 5) is 23.3. The van der Waals surface area contributed by atoms with Crippen LogP contribution in [0, 0.1) is 11.6 Å². The average molecular weight is 334 g/mol. The highest BCUT2D eigenvalue weighted by Gasteiger charge is 2.13. The van der Waals surface area contributed by atoms with Crippen LogP contribution in [0.4, 0.5) is 8.78 Å². The lowest BCUT2D eigenvalue weighted by Crippen LogP contribution is -2.44. The molecule has 2 aromatic rings. The predicted molar refractivity (Wildman–Crippen MR) is 83.3 cm³/mol. The Hall–Kier alpha value is -2.96. The van der Waals surface area contributed by atoms with Crippen LogP contribution in [-0.2, 0) is 11.2 Å². The fourth-order valence-corrected chi connectivity index (χ4v) is 1.87. The first-order valence-corrected chi connectivity index (χ1v) is 7.25. The SMILES string of the molecule is CCc1ccc(OCC(=O)NNC(=O)c2ccc(F)cc2F)cc1. The van der Waals surface area contributed by atoms with E-state index in [-0.39, 0.29) is 12.2 Å². The molecule has 0 spiro atoms. The monoisotopic (exact) mass is 334 g/mol. The number of hydrogen-bond donors (Lipinski definition) is 2. The van der Waals surface area contributed by atoms with Crippen LogP contribution < -0.4 is 15.6 Å². The van der Waals surface area contributed by atoms with Gasteiger partial charge in [-0.05, 0) is 36.2 Å². The van der Waals surface area contributed by atoms with Crippen LogP contribution in [0.3, 0.4) is 0 Å². The summed E-state index contributed by atoms with van der Waals surface area (Å²) in [6.07, 6.45) is 0.896. The Bertz CT molecular complexity index is 733. The van der Waals surface area contributed by atoms with Crippen molar-refractivity contribution in [3.8, 4) is 5.75 Å². The third-order valence-electron chi connectivity index (χ3n) is 3.19. The summed E-state index contributed by atoms with van der Waals surface area (Å²) >= 11 is 0. The largest absolute Gasteiger partial charge is 0.484 e. The van der Waals surface area contributed by atoms with Gasteiger partial charge < -0.3 is 4.74 Å². The van der Waals surface area contributed by atoms with Gasteiger partial charge in [-0.2, -0.15) is 0 Å². The molecule has 0 bridgehead atoms. The molecule has 2 amide bonds. The van der Waals surface area contributed by atoms with Gasteiger partial charge in [0.15, 0.2) is 6.61 Å². The molecule has 0 aliphatic heterocycles. The number of benzene rings is 2. The Morgan fingerprint density at radius 2 is 1.75 bits per heavy atom. The number of rotatable bonds is 5. The quantitative estimate of drug-likeness (QED) is 0.825. The number of nitrogens with one attached hydrogen (secondary N) is 2. The lowest BCUT2D eigenvalue weighted by Gasteiger charge is -2.09. The lowest BCUT2D eigenvalue weighted by atomic mass is 10.2. The summed E-state index contributed by atoms with van der Waals surface area (Å²) in [6.45, 7) is 1.70. The number of halogens is 2. The van der Waals surface area contributed by atoms with Gasteiger partial charge in [-0.15, -0.1) is 0 Å². The van der Waals surface area contributed by atoms with E-state index in [4.69, 9.17) is 4.74 Å². The normalized spacial score (nSPS) is 10.1. The summed E-state index contributed by atoms with van der Waals surface area (Å²) in [7, 11) is 0. The number of aryl methyl sites for hydroxylation is 1. The first kappa shape index (κ1) is 17.4. The molecule has 0 radical (unpaired) electrons. The summed E-state index contributed by atoms with van der Waals surface area (Å²) in [5.41, 5.74) is 4.88. The molecule has 2 N–H and O–H groups in total. The molecular formula is C17H16F2N2O3. The first-order valence-electron chi connectivity index (χ1n) is 7.25. The highest BCUT2D eigenvalue weighted by atomic mass is 19.1. The number of hydrogen-bond acceptors (Lipinski definition) is 3. The number of ether oxygens (including phenoxy) is 1. The van der Waals surface area contributed by atoms with Crippen LogP contribution >= 0.6 is 0 Å². The van der Waals surface area contributed by atoms with Crippen molar-refractivity contribution in [2.24, 2.45) is 0 Å². The minimum Gasteiger partial charge on any atom is -0.484 e. The van der Waals surface area contributed by atoms with Crippen molar-refractivity contribution in [1.29, 1.82) is 0 Å². The number of hydrazine groups is 1. The van der Waals surface area contributed by atoms with Crippen molar-refractivity contribution in [3.63, 3.8) is 0 Å². The summed E-state index contributed by atoms with van der Waals surface area (Å²) in [5, 5.41) is 0. The maximum Gasteiger partial charge on any atom is 0.276 e. The molecule has 2 aromatic carbocycles. The van der Waals surface area contributed by atoms with Gasteiger partial charge in [-0.25, -0.2) is 8.78 Å². The van der Waals surface area contributed by atoms with Gasteiger partial charge in [-0.1, -0.05) is 19.1 Å². The molecule has 24 heavy (non-hydrogen) atoms. The molecule has 7 heteroatoms. The van der Waals surface area contributed by atoms with Crippen LogP contribution in [-0.4, -0.2) is 18.4 Å². The van der Waals surface area contributed by atoms with E-state index >= 15 is 0 Å². The fraction of sp³-hybridized carbons (Fsp3) is 0.176. The average Bonchev–Trinajstić information content (AvgIpc) is 2.58. The molecule has 5 nitrogen and oxygen atoms in total. The second-order valence-electron chi connectivity index (χ2n) is 4.91. The third-order valence-corrected chi connectivity index (χ3v) is 3.19. The number of carbonyl (C=O) groups excluding carboxylic acids is 2. The van der Waals surface area contributed by atoms with Crippen LogP contribution in [0.25, 0.3) is 0 Å². The van der Waals surface area contributed by atoms with Crippen LogP contribution in [0.2, 0.25) is 0 Å². The molecule has 126 valence electrons. The molecule has 0 saturated heterocycles. The maximum atomic E-state index is 13.4. The lowest BCUT2D eigenvalue weighted by molar-refractivity contribution is -0.123. The van der Waals surface area contributed by atoms with Crippen molar-refractivity contribution < 1.29 is 23.1 Å². The number of carbonyl (C=O) groups is 2. The Morgan fingerprint density at radius 1 is 1.04 bits per heavy atom. The van der Waals surface area contributed by atoms with Crippen molar-refractivity contribution in [2.45, 2.75) is 13.3 Å². The van der Waals surface area contributed by atoms with E-state index in [2.05, 4.69) is 5.43 Å². The van der Waals surface area contributed by atoms with E-state index in [1.807, 2.05) is 24.5 Å². The van der Waals surface area contributed by atoms with Gasteiger partial charge in [0.1, 0.15) is 17.4 Å². The Kier molecular flexibility index (Phi) is 5.83. The van der Waals surface area contributed by atoms with E-state index in [1.54, 1.807) is 12.1 Å². The summed E-state index contributed by atoms with van der Waals surface area (Å²) in [5.74, 6) is -2.82. The minimum absolute atomic E-state index is 0.322. The summed E-state index contributed by atoms with van der Waals surface area (Å²) < 4.78 is 31.5. The van der Waals surface area contributed by atoms with E-state index in [0.717, 1.165) is 24.1 Å². The topological polar surface area (TPSA) is 67.4 Å². The standard InChI is InChI=1S/C17H16F2N2O3/c1-2-11-3-6-13(7-4-11)24-10-16(22)20-21-17(23)14-8-5-12(18)9-15(14)19/h3-9H,2,10H2,1H3,(H,20,22)(H,21,23). The molecular weight excluding hydrogens is 318 g/mol. The van der Waals surface area contributed by atoms with E-state index in [1.165, 1.54) is 0 Å². The summed E-state index contributed by atoms with van der Waals surface area (Å²) in [6, 6.07) is 9.75. The van der Waals surface area contributed by atoms with Crippen molar-refractivity contribution in [2.75, 3.05) is 6.61 Å². The Labute approximate surface area is 137 Å². The van der Waals surface area contributed by atoms with E-state index < -0.39 is 23.4 Å². The van der Waals surface area contributed by atoms with Crippen molar-refractivity contribution in [1.82, 2.24) is 10.9 Å². The van der Waals surface area contributed by atoms with Gasteiger partial charge in [-0.3, -0.25) is 20.4 Å². The zero-order valence-corrected chi connectivity index (χ0v) is 12.9. The smallest absolute Gasteiger partial charge is 0.276 e. The zero-order chi connectivity index (χ0) is 17.5. The second-order valence-corrected chi connectivity index (χ2v) is 4.91. The predicted octanol–water partition coefficient (Wildman–Crippen LogP) is 2.37. The van der Waals surface area contributed by atoms with Gasteiger partial charge in [0.25, 0.3) is 11.8 Å². The van der Waals surface area contributed by atoms with Gasteiger partial charge in [0.05, 0.1) is 5.56 Å². The highest BCUT2D eigenvalue weighted by molar-refractivity contribution is 5.95. The van der Waals surface area contributed by atoms with Crippen molar-refractivity contribution >= 4 is 11.8 Å². The second kappa shape index (κ2) is 8.05. The molecule has 0 aliphatic carbocycles. The molecule has 2 rings (SSSR count). The van der Waals surface area contributed by atoms with Crippen LogP contribution in [0.5, 0.6) is 5.75 Å². The van der Waals surface area contributed by atoms with Crippen molar-refractivity contribution in [3.05, 3.63) is 65.2 Å². The molecule has 0 unspecified atom stereocenters. The van der Waals surface area contributed by atoms with Gasteiger partial charge in [0, 0.05) is 6.07 Å². The number of amides is 2.